The molecule has 0 aromatic heterocycles. The van der Waals surface area contributed by atoms with Crippen molar-refractivity contribution in [3.8, 4) is 5.75 Å². The molecule has 2 aliphatic heterocycles. The number of para-hydroxylation sites is 1. The molecule has 2 heterocycles. The van der Waals surface area contributed by atoms with Crippen molar-refractivity contribution in [3.63, 3.8) is 0 Å². The molecule has 2 saturated heterocycles. The van der Waals surface area contributed by atoms with Gasteiger partial charge < -0.3 is 14.9 Å². The molecule has 8 heteroatoms. The van der Waals surface area contributed by atoms with Crippen molar-refractivity contribution in [2.45, 2.75) is 63.8 Å². The highest BCUT2D eigenvalue weighted by Crippen LogP contribution is 2.26. The fourth-order valence-electron chi connectivity index (χ4n) is 5.44. The first-order valence-electron chi connectivity index (χ1n) is 13.0. The number of piperidine rings is 1. The summed E-state index contributed by atoms with van der Waals surface area (Å²) in [5.74, 6) is 0.238. The normalized spacial score (nSPS) is 21.2. The Kier molecular flexibility index (Phi) is 9.18. The van der Waals surface area contributed by atoms with E-state index in [-0.39, 0.29) is 24.2 Å². The van der Waals surface area contributed by atoms with Gasteiger partial charge in [-0.05, 0) is 56.8 Å². The zero-order chi connectivity index (χ0) is 23.8. The third-order valence-corrected chi connectivity index (χ3v) is 7.50. The molecule has 0 atom stereocenters. The van der Waals surface area contributed by atoms with E-state index >= 15 is 0 Å². The average molecular weight is 473 g/mol. The number of rotatable bonds is 7. The lowest BCUT2D eigenvalue weighted by atomic mass is 9.89. The Balaban J connectivity index is 1.39. The summed E-state index contributed by atoms with van der Waals surface area (Å²) in [4.78, 5) is 34.7. The molecule has 3 fully saturated rings. The van der Waals surface area contributed by atoms with Gasteiger partial charge in [0.2, 0.25) is 0 Å². The number of piperazine rings is 1. The zero-order valence-corrected chi connectivity index (χ0v) is 20.5. The molecule has 1 saturated carbocycles. The second-order valence-corrected chi connectivity index (χ2v) is 9.69. The van der Waals surface area contributed by atoms with Crippen LogP contribution in [0.5, 0.6) is 5.75 Å². The van der Waals surface area contributed by atoms with Gasteiger partial charge in [-0.1, -0.05) is 42.6 Å². The molecule has 3 aliphatic rings. The molecule has 1 N–H and O–H groups in total. The van der Waals surface area contributed by atoms with E-state index < -0.39 is 0 Å². The van der Waals surface area contributed by atoms with Crippen LogP contribution >= 0.6 is 0 Å². The lowest BCUT2D eigenvalue weighted by Crippen LogP contribution is -2.58. The van der Waals surface area contributed by atoms with Crippen molar-refractivity contribution < 1.29 is 19.2 Å². The molecule has 0 unspecified atom stereocenters. The third kappa shape index (κ3) is 6.49. The number of hydroxylamine groups is 1. The largest absolute Gasteiger partial charge is 0.496 e. The van der Waals surface area contributed by atoms with Crippen molar-refractivity contribution in [2.75, 3.05) is 46.4 Å². The number of amides is 1. The molecule has 0 radical (unpaired) electrons. The molecule has 1 aromatic carbocycles. The van der Waals surface area contributed by atoms with Crippen LogP contribution in [0.3, 0.4) is 0 Å². The van der Waals surface area contributed by atoms with E-state index in [0.717, 1.165) is 76.0 Å². The SMILES string of the molecule is COc1ccccc1CCC(=O)N(OC(=O)C1CCCCC1)N1CCN(C2CCNCC2)CC1. The number of ether oxygens (including phenoxy) is 1. The molecule has 1 aromatic rings. The highest BCUT2D eigenvalue weighted by molar-refractivity contribution is 5.79. The number of hydrogen-bond donors (Lipinski definition) is 1. The molecule has 1 amide bonds. The van der Waals surface area contributed by atoms with Crippen LogP contribution in [0, 0.1) is 5.92 Å². The van der Waals surface area contributed by atoms with Gasteiger partial charge in [-0.2, -0.15) is 5.01 Å². The fourth-order valence-corrected chi connectivity index (χ4v) is 5.44. The number of hydrazine groups is 1. The van der Waals surface area contributed by atoms with Crippen molar-refractivity contribution >= 4 is 11.9 Å². The lowest BCUT2D eigenvalue weighted by Gasteiger charge is -2.43. The Bertz CT molecular complexity index is 800. The van der Waals surface area contributed by atoms with E-state index in [0.29, 0.717) is 25.6 Å². The first-order chi connectivity index (χ1) is 16.7. The van der Waals surface area contributed by atoms with Gasteiger partial charge in [-0.3, -0.25) is 9.69 Å². The average Bonchev–Trinajstić information content (AvgIpc) is 2.91. The van der Waals surface area contributed by atoms with Crippen LogP contribution in [0.1, 0.15) is 56.9 Å². The molecule has 0 spiro atoms. The Labute approximate surface area is 203 Å². The molecular formula is C26H40N4O4. The quantitative estimate of drug-likeness (QED) is 0.612. The maximum atomic E-state index is 13.4. The number of nitrogens with zero attached hydrogens (tertiary/aromatic N) is 3. The van der Waals surface area contributed by atoms with Crippen LogP contribution in [0.2, 0.25) is 0 Å². The molecule has 4 rings (SSSR count). The molecule has 8 nitrogen and oxygen atoms in total. The van der Waals surface area contributed by atoms with Crippen LogP contribution in [-0.4, -0.2) is 79.4 Å². The molecule has 0 bridgehead atoms. The smallest absolute Gasteiger partial charge is 0.337 e. The summed E-state index contributed by atoms with van der Waals surface area (Å²) in [7, 11) is 1.64. The van der Waals surface area contributed by atoms with Gasteiger partial charge in [0.15, 0.2) is 0 Å². The van der Waals surface area contributed by atoms with E-state index in [1.165, 1.54) is 11.6 Å². The summed E-state index contributed by atoms with van der Waals surface area (Å²) in [6.45, 7) is 5.25. The number of carbonyl (C=O) groups excluding carboxylic acids is 2. The summed E-state index contributed by atoms with van der Waals surface area (Å²) >= 11 is 0. The van der Waals surface area contributed by atoms with Gasteiger partial charge in [0.1, 0.15) is 5.75 Å². The van der Waals surface area contributed by atoms with Gasteiger partial charge >= 0.3 is 5.97 Å². The number of aryl methyl sites for hydroxylation is 1. The number of carbonyl (C=O) groups is 2. The summed E-state index contributed by atoms with van der Waals surface area (Å²) in [6.07, 6.45) is 8.10. The Hall–Kier alpha value is -2.16. The van der Waals surface area contributed by atoms with Gasteiger partial charge in [-0.25, -0.2) is 4.79 Å². The van der Waals surface area contributed by atoms with Crippen LogP contribution in [0.4, 0.5) is 0 Å². The Morgan fingerprint density at radius 2 is 1.71 bits per heavy atom. The highest BCUT2D eigenvalue weighted by atomic mass is 16.8. The number of nitrogens with one attached hydrogen (secondary N) is 1. The maximum Gasteiger partial charge on any atom is 0.337 e. The first-order valence-corrected chi connectivity index (χ1v) is 13.0. The molecule has 1 aliphatic carbocycles. The highest BCUT2D eigenvalue weighted by Gasteiger charge is 2.34. The maximum absolute atomic E-state index is 13.4. The van der Waals surface area contributed by atoms with Crippen LogP contribution in [-0.2, 0) is 20.8 Å². The third-order valence-electron chi connectivity index (χ3n) is 7.50. The molecular weight excluding hydrogens is 432 g/mol. The van der Waals surface area contributed by atoms with Crippen LogP contribution in [0.15, 0.2) is 24.3 Å². The minimum atomic E-state index is -0.258. The summed E-state index contributed by atoms with van der Waals surface area (Å²) in [6, 6.07) is 8.35. The standard InChI is InChI=1S/C26H40N4O4/c1-33-24-10-6-5-7-21(24)11-12-25(31)30(34-26(32)22-8-3-2-4-9-22)29-19-17-28(18-20-29)23-13-15-27-16-14-23/h5-7,10,22-23,27H,2-4,8-9,11-20H2,1H3. The van der Waals surface area contributed by atoms with Crippen molar-refractivity contribution in [2.24, 2.45) is 5.92 Å². The summed E-state index contributed by atoms with van der Waals surface area (Å²) in [5, 5.41) is 6.66. The second-order valence-electron chi connectivity index (χ2n) is 9.69. The van der Waals surface area contributed by atoms with E-state index in [9.17, 15) is 9.59 Å². The minimum absolute atomic E-state index is 0.103. The molecule has 188 valence electrons. The first kappa shape index (κ1) is 24.9. The van der Waals surface area contributed by atoms with Crippen molar-refractivity contribution in [3.05, 3.63) is 29.8 Å². The minimum Gasteiger partial charge on any atom is -0.496 e. The predicted molar refractivity (Wildman–Crippen MR) is 130 cm³/mol. The summed E-state index contributed by atoms with van der Waals surface area (Å²) < 4.78 is 5.44. The van der Waals surface area contributed by atoms with E-state index in [1.807, 2.05) is 29.3 Å². The van der Waals surface area contributed by atoms with Gasteiger partial charge in [0, 0.05) is 38.6 Å². The fraction of sp³-hybridized carbons (Fsp3) is 0.692. The number of hydrogen-bond acceptors (Lipinski definition) is 7. The Morgan fingerprint density at radius 1 is 1.00 bits per heavy atom. The van der Waals surface area contributed by atoms with E-state index in [4.69, 9.17) is 9.57 Å². The van der Waals surface area contributed by atoms with Gasteiger partial charge in [-0.15, -0.1) is 0 Å². The van der Waals surface area contributed by atoms with Crippen LogP contribution < -0.4 is 10.1 Å². The number of methoxy groups -OCH3 is 1. The summed E-state index contributed by atoms with van der Waals surface area (Å²) in [5.41, 5.74) is 0.979. The van der Waals surface area contributed by atoms with Crippen molar-refractivity contribution in [1.82, 2.24) is 20.4 Å². The second kappa shape index (κ2) is 12.5. The predicted octanol–water partition coefficient (Wildman–Crippen LogP) is 2.78. The van der Waals surface area contributed by atoms with Gasteiger partial charge in [0.25, 0.3) is 5.91 Å². The topological polar surface area (TPSA) is 74.3 Å². The Morgan fingerprint density at radius 3 is 2.41 bits per heavy atom. The van der Waals surface area contributed by atoms with E-state index in [1.54, 1.807) is 7.11 Å². The monoisotopic (exact) mass is 472 g/mol. The van der Waals surface area contributed by atoms with Gasteiger partial charge in [0.05, 0.1) is 13.0 Å². The zero-order valence-electron chi connectivity index (χ0n) is 20.5. The lowest BCUT2D eigenvalue weighted by molar-refractivity contribution is -0.267. The van der Waals surface area contributed by atoms with Crippen molar-refractivity contribution in [1.29, 1.82) is 0 Å². The molecule has 34 heavy (non-hydrogen) atoms. The van der Waals surface area contributed by atoms with E-state index in [2.05, 4.69) is 10.2 Å². The number of benzene rings is 1. The van der Waals surface area contributed by atoms with Crippen LogP contribution in [0.25, 0.3) is 0 Å².